The van der Waals surface area contributed by atoms with Crippen molar-refractivity contribution in [3.05, 3.63) is 59.1 Å². The molecule has 0 radical (unpaired) electrons. The third-order valence-electron chi connectivity index (χ3n) is 3.79. The second-order valence-electron chi connectivity index (χ2n) is 6.06. The Labute approximate surface area is 150 Å². The number of rotatable bonds is 5. The normalized spacial score (nSPS) is 10.8. The molecule has 6 heteroatoms. The Hall–Kier alpha value is -2.73. The molecule has 2 amide bonds. The van der Waals surface area contributed by atoms with Crippen molar-refractivity contribution in [1.29, 1.82) is 0 Å². The van der Waals surface area contributed by atoms with Gasteiger partial charge in [-0.1, -0.05) is 26.0 Å². The van der Waals surface area contributed by atoms with Gasteiger partial charge in [-0.3, -0.25) is 9.59 Å². The molecule has 128 valence electrons. The van der Waals surface area contributed by atoms with Crippen molar-refractivity contribution in [2.45, 2.75) is 20.4 Å². The van der Waals surface area contributed by atoms with Gasteiger partial charge in [0.1, 0.15) is 0 Å². The van der Waals surface area contributed by atoms with Gasteiger partial charge in [0.15, 0.2) is 0 Å². The highest BCUT2D eigenvalue weighted by Crippen LogP contribution is 2.19. The van der Waals surface area contributed by atoms with E-state index >= 15 is 0 Å². The highest BCUT2D eigenvalue weighted by molar-refractivity contribution is 7.16. The predicted octanol–water partition coefficient (Wildman–Crippen LogP) is 3.82. The number of carbonyl (C=O) groups is 2. The molecule has 5 nitrogen and oxygen atoms in total. The van der Waals surface area contributed by atoms with Crippen LogP contribution in [0.5, 0.6) is 0 Å². The number of thiazole rings is 1. The minimum atomic E-state index is -0.118. The molecule has 25 heavy (non-hydrogen) atoms. The van der Waals surface area contributed by atoms with Crippen molar-refractivity contribution in [2.24, 2.45) is 5.92 Å². The Morgan fingerprint density at radius 2 is 1.88 bits per heavy atom. The monoisotopic (exact) mass is 353 g/mol. The number of hydrogen-bond acceptors (Lipinski definition) is 4. The van der Waals surface area contributed by atoms with Gasteiger partial charge < -0.3 is 10.6 Å². The maximum absolute atomic E-state index is 12.3. The molecular formula is C19H19N3O2S. The van der Waals surface area contributed by atoms with Crippen molar-refractivity contribution in [3.63, 3.8) is 0 Å². The molecule has 2 aromatic carbocycles. The number of amides is 2. The number of fused-ring (bicyclic) bond motifs is 1. The Bertz CT molecular complexity index is 900. The lowest BCUT2D eigenvalue weighted by molar-refractivity contribution is -0.118. The summed E-state index contributed by atoms with van der Waals surface area (Å²) < 4.78 is 0.998. The molecule has 1 aromatic heterocycles. The summed E-state index contributed by atoms with van der Waals surface area (Å²) in [5.74, 6) is -0.193. The molecule has 0 aliphatic carbocycles. The first kappa shape index (κ1) is 17.1. The molecule has 0 saturated heterocycles. The largest absolute Gasteiger partial charge is 0.348 e. The maximum atomic E-state index is 12.3. The number of anilines is 1. The van der Waals surface area contributed by atoms with Crippen molar-refractivity contribution in [3.8, 4) is 0 Å². The van der Waals surface area contributed by atoms with Crippen LogP contribution < -0.4 is 10.6 Å². The fourth-order valence-corrected chi connectivity index (χ4v) is 2.99. The quantitative estimate of drug-likeness (QED) is 0.732. The van der Waals surface area contributed by atoms with Crippen LogP contribution in [0.15, 0.2) is 48.0 Å². The number of benzene rings is 2. The van der Waals surface area contributed by atoms with Crippen LogP contribution in [0.4, 0.5) is 5.69 Å². The van der Waals surface area contributed by atoms with Gasteiger partial charge in [0, 0.05) is 23.7 Å². The summed E-state index contributed by atoms with van der Waals surface area (Å²) in [6.45, 7) is 4.13. The van der Waals surface area contributed by atoms with E-state index in [1.807, 2.05) is 50.2 Å². The first-order valence-electron chi connectivity index (χ1n) is 8.04. The van der Waals surface area contributed by atoms with Crippen LogP contribution in [0.2, 0.25) is 0 Å². The summed E-state index contributed by atoms with van der Waals surface area (Å²) in [6.07, 6.45) is 0. The van der Waals surface area contributed by atoms with E-state index in [1.165, 1.54) is 11.3 Å². The zero-order chi connectivity index (χ0) is 17.8. The Kier molecular flexibility index (Phi) is 5.09. The number of aromatic nitrogens is 1. The molecule has 0 fully saturated rings. The highest BCUT2D eigenvalue weighted by Gasteiger charge is 2.09. The van der Waals surface area contributed by atoms with Gasteiger partial charge in [-0.05, 0) is 35.9 Å². The minimum absolute atomic E-state index is 0.0143. The van der Waals surface area contributed by atoms with Crippen molar-refractivity contribution in [1.82, 2.24) is 10.3 Å². The summed E-state index contributed by atoms with van der Waals surface area (Å²) in [4.78, 5) is 28.2. The van der Waals surface area contributed by atoms with Crippen molar-refractivity contribution in [2.75, 3.05) is 5.32 Å². The molecule has 2 N–H and O–H groups in total. The zero-order valence-electron chi connectivity index (χ0n) is 14.1. The van der Waals surface area contributed by atoms with Crippen LogP contribution >= 0.6 is 11.3 Å². The Morgan fingerprint density at radius 1 is 1.12 bits per heavy atom. The smallest absolute Gasteiger partial charge is 0.251 e. The van der Waals surface area contributed by atoms with Gasteiger partial charge in [0.25, 0.3) is 5.91 Å². The van der Waals surface area contributed by atoms with E-state index in [4.69, 9.17) is 0 Å². The average molecular weight is 353 g/mol. The molecule has 3 rings (SSSR count). The molecule has 0 saturated carbocycles. The molecular weight excluding hydrogens is 334 g/mol. The third-order valence-corrected chi connectivity index (χ3v) is 4.58. The van der Waals surface area contributed by atoms with Crippen molar-refractivity contribution < 1.29 is 9.59 Å². The Morgan fingerprint density at radius 3 is 2.60 bits per heavy atom. The molecule has 0 unspecified atom stereocenters. The SMILES string of the molecule is CC(C)C(=O)Nc1ccc(CNC(=O)c2ccc3ncsc3c2)cc1. The van der Waals surface area contributed by atoms with Crippen LogP contribution in [0, 0.1) is 5.92 Å². The van der Waals surface area contributed by atoms with Gasteiger partial charge in [-0.2, -0.15) is 0 Å². The summed E-state index contributed by atoms with van der Waals surface area (Å²) in [7, 11) is 0. The predicted molar refractivity (Wildman–Crippen MR) is 101 cm³/mol. The lowest BCUT2D eigenvalue weighted by Gasteiger charge is -2.09. The Balaban J connectivity index is 1.59. The zero-order valence-corrected chi connectivity index (χ0v) is 14.9. The van der Waals surface area contributed by atoms with Gasteiger partial charge in [-0.25, -0.2) is 4.98 Å². The van der Waals surface area contributed by atoms with E-state index in [9.17, 15) is 9.59 Å². The molecule has 0 bridgehead atoms. The second-order valence-corrected chi connectivity index (χ2v) is 6.94. The number of nitrogens with zero attached hydrogens (tertiary/aromatic N) is 1. The fraction of sp³-hybridized carbons (Fsp3) is 0.211. The van der Waals surface area contributed by atoms with Crippen LogP contribution in [0.3, 0.4) is 0 Å². The van der Waals surface area contributed by atoms with E-state index in [-0.39, 0.29) is 17.7 Å². The number of nitrogens with one attached hydrogen (secondary N) is 2. The first-order valence-corrected chi connectivity index (χ1v) is 8.92. The van der Waals surface area contributed by atoms with Crippen LogP contribution in [0.1, 0.15) is 29.8 Å². The summed E-state index contributed by atoms with van der Waals surface area (Å²) in [5, 5.41) is 5.75. The first-order chi connectivity index (χ1) is 12.0. The molecule has 0 aliphatic rings. The van der Waals surface area contributed by atoms with Gasteiger partial charge in [-0.15, -0.1) is 11.3 Å². The molecule has 1 heterocycles. The summed E-state index contributed by atoms with van der Waals surface area (Å²) in [6, 6.07) is 12.9. The lowest BCUT2D eigenvalue weighted by atomic mass is 10.1. The second kappa shape index (κ2) is 7.44. The molecule has 0 atom stereocenters. The molecule has 3 aromatic rings. The average Bonchev–Trinajstić information content (AvgIpc) is 3.08. The van der Waals surface area contributed by atoms with E-state index in [2.05, 4.69) is 15.6 Å². The highest BCUT2D eigenvalue weighted by atomic mass is 32.1. The van der Waals surface area contributed by atoms with E-state index in [0.717, 1.165) is 21.5 Å². The molecule has 0 aliphatic heterocycles. The van der Waals surface area contributed by atoms with Gasteiger partial charge in [0.2, 0.25) is 5.91 Å². The number of hydrogen-bond donors (Lipinski definition) is 2. The summed E-state index contributed by atoms with van der Waals surface area (Å²) in [5.41, 5.74) is 5.02. The minimum Gasteiger partial charge on any atom is -0.348 e. The van der Waals surface area contributed by atoms with Gasteiger partial charge in [0.05, 0.1) is 15.7 Å². The third kappa shape index (κ3) is 4.22. The van der Waals surface area contributed by atoms with E-state index < -0.39 is 0 Å². The number of carbonyl (C=O) groups excluding carboxylic acids is 2. The maximum Gasteiger partial charge on any atom is 0.251 e. The topological polar surface area (TPSA) is 71.1 Å². The lowest BCUT2D eigenvalue weighted by Crippen LogP contribution is -2.22. The van der Waals surface area contributed by atoms with E-state index in [0.29, 0.717) is 12.1 Å². The van der Waals surface area contributed by atoms with Crippen LogP contribution in [-0.2, 0) is 11.3 Å². The van der Waals surface area contributed by atoms with Crippen LogP contribution in [0.25, 0.3) is 10.2 Å². The van der Waals surface area contributed by atoms with Crippen molar-refractivity contribution >= 4 is 39.1 Å². The summed E-state index contributed by atoms with van der Waals surface area (Å²) >= 11 is 1.52. The standard InChI is InChI=1S/C19H19N3O2S/c1-12(2)18(23)22-15-6-3-13(4-7-15)10-20-19(24)14-5-8-16-17(9-14)25-11-21-16/h3-9,11-12H,10H2,1-2H3,(H,20,24)(H,22,23). The molecule has 0 spiro atoms. The van der Waals surface area contributed by atoms with Gasteiger partial charge >= 0.3 is 0 Å². The fourth-order valence-electron chi connectivity index (χ4n) is 2.27. The van der Waals surface area contributed by atoms with E-state index in [1.54, 1.807) is 11.6 Å². The van der Waals surface area contributed by atoms with Crippen LogP contribution in [-0.4, -0.2) is 16.8 Å².